The van der Waals surface area contributed by atoms with Crippen LogP contribution in [0.25, 0.3) is 166 Å². The number of fused-ring (bicyclic) bond motifs is 10. The molecule has 578 valence electrons. The second-order valence-corrected chi connectivity index (χ2v) is 33.9. The monoisotopic (exact) mass is 1570 g/mol. The van der Waals surface area contributed by atoms with Gasteiger partial charge in [-0.3, -0.25) is 0 Å². The van der Waals surface area contributed by atoms with E-state index >= 15 is 0 Å². The Balaban J connectivity index is 0.807. The molecule has 5 heteroatoms. The normalized spacial score (nSPS) is 12.3. The van der Waals surface area contributed by atoms with Gasteiger partial charge in [0.15, 0.2) is 0 Å². The zero-order valence-corrected chi connectivity index (χ0v) is 68.6. The van der Waals surface area contributed by atoms with E-state index in [0.717, 1.165) is 123 Å². The van der Waals surface area contributed by atoms with E-state index in [1.54, 1.807) is 0 Å². The molecular formula is C118H83BN4. The summed E-state index contributed by atoms with van der Waals surface area (Å²) >= 11 is 0. The van der Waals surface area contributed by atoms with Gasteiger partial charge in [0.05, 0.1) is 33.4 Å². The van der Waals surface area contributed by atoms with Gasteiger partial charge in [-0.1, -0.05) is 385 Å². The van der Waals surface area contributed by atoms with Crippen molar-refractivity contribution < 1.29 is 0 Å². The fraction of sp³-hybridized carbons (Fsp3) is 0.0339. The lowest BCUT2D eigenvalue weighted by Crippen LogP contribution is -2.61. The van der Waals surface area contributed by atoms with Crippen LogP contribution in [0.5, 0.6) is 0 Å². The van der Waals surface area contributed by atoms with Crippen LogP contribution in [0.2, 0.25) is 0 Å². The van der Waals surface area contributed by atoms with Crippen molar-refractivity contribution in [3.63, 3.8) is 0 Å². The average Bonchev–Trinajstić information content (AvgIpc) is 0.806. The van der Waals surface area contributed by atoms with E-state index in [1.165, 1.54) is 99.1 Å². The zero-order valence-electron chi connectivity index (χ0n) is 68.6. The number of rotatable bonds is 14. The van der Waals surface area contributed by atoms with Gasteiger partial charge in [-0.2, -0.15) is 0 Å². The Hall–Kier alpha value is -15.6. The van der Waals surface area contributed by atoms with Crippen LogP contribution in [0.3, 0.4) is 0 Å². The maximum Gasteiger partial charge on any atom is 0.252 e. The molecule has 0 atom stereocenters. The van der Waals surface area contributed by atoms with Crippen LogP contribution in [0.15, 0.2) is 449 Å². The summed E-state index contributed by atoms with van der Waals surface area (Å²) in [5, 5.41) is 4.82. The first-order valence-electron chi connectivity index (χ1n) is 42.8. The van der Waals surface area contributed by atoms with Crippen molar-refractivity contribution in [3.05, 3.63) is 454 Å². The van der Waals surface area contributed by atoms with Crippen LogP contribution in [0.1, 0.15) is 26.3 Å². The van der Waals surface area contributed by atoms with Crippen molar-refractivity contribution in [2.45, 2.75) is 26.2 Å². The highest BCUT2D eigenvalue weighted by Gasteiger charge is 2.46. The molecule has 2 aliphatic heterocycles. The minimum Gasteiger partial charge on any atom is -0.310 e. The van der Waals surface area contributed by atoms with Gasteiger partial charge in [0, 0.05) is 77.9 Å². The van der Waals surface area contributed by atoms with E-state index in [1.807, 2.05) is 0 Å². The lowest BCUT2D eigenvalue weighted by Gasteiger charge is -2.46. The van der Waals surface area contributed by atoms with Gasteiger partial charge >= 0.3 is 0 Å². The summed E-state index contributed by atoms with van der Waals surface area (Å²) in [6, 6.07) is 168. The van der Waals surface area contributed by atoms with E-state index in [4.69, 9.17) is 0 Å². The SMILES string of the molecule is CC(C)(C)c1cc2c3c(c1)N(c1c(-c4ccccc4)cccc1-c1ccc(-c4cccc(-c5ccccc5)c4)cc1)c1cc(-n4c5ccccc5c5cc(-c6cccc(-c7ccccc7)c6)ccc54)ccc1B3c1ccc(-n3c4ccccc4c4ccccc43)cc1N2c1c(-c2ccccc2)cccc1-c1ccc(-c2cccc(-c3ccccc3)c2)cc1. The molecule has 0 amide bonds. The predicted octanol–water partition coefficient (Wildman–Crippen LogP) is 29.9. The van der Waals surface area contributed by atoms with Crippen LogP contribution in [-0.4, -0.2) is 15.8 Å². The highest BCUT2D eigenvalue weighted by Crippen LogP contribution is 2.55. The smallest absolute Gasteiger partial charge is 0.252 e. The number of hydrogen-bond acceptors (Lipinski definition) is 2. The average molecular weight is 1570 g/mol. The molecule has 0 N–H and O–H groups in total. The maximum atomic E-state index is 2.72. The lowest BCUT2D eigenvalue weighted by atomic mass is 9.33. The summed E-state index contributed by atoms with van der Waals surface area (Å²) in [7, 11) is 0. The van der Waals surface area contributed by atoms with Crippen LogP contribution in [0, 0.1) is 0 Å². The number of hydrogen-bond donors (Lipinski definition) is 0. The van der Waals surface area contributed by atoms with E-state index < -0.39 is 0 Å². The molecular weight excluding hydrogens is 1480 g/mol. The quantitative estimate of drug-likeness (QED) is 0.101. The summed E-state index contributed by atoms with van der Waals surface area (Å²) in [6.07, 6.45) is 0. The molecule has 2 aliphatic rings. The van der Waals surface area contributed by atoms with Crippen LogP contribution < -0.4 is 26.2 Å². The highest BCUT2D eigenvalue weighted by atomic mass is 15.2. The van der Waals surface area contributed by atoms with E-state index in [2.05, 4.69) is 489 Å². The molecule has 0 unspecified atom stereocenters. The number of nitrogens with zero attached hydrogens (tertiary/aromatic N) is 4. The number of para-hydroxylation sites is 5. The fourth-order valence-electron chi connectivity index (χ4n) is 19.7. The second kappa shape index (κ2) is 29.8. The Labute approximate surface area is 718 Å². The highest BCUT2D eigenvalue weighted by molar-refractivity contribution is 7.00. The number of anilines is 6. The molecule has 19 aromatic carbocycles. The molecule has 0 spiro atoms. The molecule has 0 fully saturated rings. The van der Waals surface area contributed by atoms with Crippen molar-refractivity contribution in [1.82, 2.24) is 9.13 Å². The van der Waals surface area contributed by atoms with Gasteiger partial charge in [0.2, 0.25) is 0 Å². The van der Waals surface area contributed by atoms with Crippen molar-refractivity contribution in [2.24, 2.45) is 0 Å². The van der Waals surface area contributed by atoms with E-state index in [9.17, 15) is 0 Å². The van der Waals surface area contributed by atoms with Crippen LogP contribution in [0.4, 0.5) is 34.1 Å². The van der Waals surface area contributed by atoms with Gasteiger partial charge in [-0.15, -0.1) is 0 Å². The Morgan fingerprint density at radius 3 is 0.829 bits per heavy atom. The topological polar surface area (TPSA) is 16.3 Å². The first-order valence-corrected chi connectivity index (χ1v) is 42.8. The molecule has 21 aromatic rings. The first-order chi connectivity index (χ1) is 60.7. The van der Waals surface area contributed by atoms with Crippen molar-refractivity contribution in [3.8, 4) is 123 Å². The van der Waals surface area contributed by atoms with Gasteiger partial charge in [0.25, 0.3) is 6.71 Å². The second-order valence-electron chi connectivity index (χ2n) is 33.9. The third kappa shape index (κ3) is 12.5. The molecule has 4 nitrogen and oxygen atoms in total. The van der Waals surface area contributed by atoms with Gasteiger partial charge in [0.1, 0.15) is 0 Å². The Morgan fingerprint density at radius 2 is 0.463 bits per heavy atom. The number of benzene rings is 19. The molecule has 4 heterocycles. The summed E-state index contributed by atoms with van der Waals surface area (Å²) in [5.74, 6) is 0. The minimum absolute atomic E-state index is 0.285. The third-order valence-electron chi connectivity index (χ3n) is 25.7. The molecule has 0 aliphatic carbocycles. The lowest BCUT2D eigenvalue weighted by molar-refractivity contribution is 0.590. The molecule has 0 bridgehead atoms. The Bertz CT molecular complexity index is 7640. The molecule has 23 rings (SSSR count). The Kier molecular flexibility index (Phi) is 17.6. The van der Waals surface area contributed by atoms with Gasteiger partial charge < -0.3 is 18.9 Å². The maximum absolute atomic E-state index is 2.72. The summed E-state index contributed by atoms with van der Waals surface area (Å²) in [6.45, 7) is 6.91. The third-order valence-corrected chi connectivity index (χ3v) is 25.7. The zero-order chi connectivity index (χ0) is 81.8. The van der Waals surface area contributed by atoms with Crippen molar-refractivity contribution in [2.75, 3.05) is 9.80 Å². The summed E-state index contributed by atoms with van der Waals surface area (Å²) in [4.78, 5) is 5.43. The van der Waals surface area contributed by atoms with Crippen molar-refractivity contribution in [1.29, 1.82) is 0 Å². The molecule has 0 radical (unpaired) electrons. The molecule has 0 saturated carbocycles. The fourth-order valence-corrected chi connectivity index (χ4v) is 19.7. The van der Waals surface area contributed by atoms with E-state index in [0.29, 0.717) is 0 Å². The standard InChI is InChI=1S/C118H83BN4/c1-118(2,3)94-74-113-115-114(75-94)123(117-98(84-38-17-8-18-39-84)50-29-52-100(117)86-62-58-82(59-63-86)91-44-26-41-88(71-91)79-32-11-5-12-33-79)112-77-96(121-109-55-24-21-48-103(109)104-73-93(64-69-110(104)121)92-45-27-42-89(72-92)80-34-13-6-14-35-80)66-68-106(112)119(115)105-67-65-95(120-107-53-22-19-46-101(107)102-47-20-23-54-108(102)120)76-111(105)122(113)116-97(83-36-15-7-16-37-83)49-28-51-99(116)85-60-56-81(57-61-85)90-43-25-40-87(70-90)78-30-9-4-10-31-78/h4-77H,1-3H3. The molecule has 0 saturated heterocycles. The Morgan fingerprint density at radius 1 is 0.195 bits per heavy atom. The van der Waals surface area contributed by atoms with Crippen molar-refractivity contribution >= 4 is 101 Å². The van der Waals surface area contributed by atoms with Gasteiger partial charge in [-0.05, 0) is 201 Å². The largest absolute Gasteiger partial charge is 0.310 e. The van der Waals surface area contributed by atoms with E-state index in [-0.39, 0.29) is 12.1 Å². The van der Waals surface area contributed by atoms with Gasteiger partial charge in [-0.25, -0.2) is 0 Å². The summed E-state index contributed by atoms with van der Waals surface area (Å²) < 4.78 is 5.03. The summed E-state index contributed by atoms with van der Waals surface area (Å²) in [5.41, 5.74) is 40.9. The molecule has 123 heavy (non-hydrogen) atoms. The van der Waals surface area contributed by atoms with Crippen LogP contribution in [-0.2, 0) is 5.41 Å². The minimum atomic E-state index is -0.374. The first kappa shape index (κ1) is 72.7. The van der Waals surface area contributed by atoms with Crippen LogP contribution >= 0.6 is 0 Å². The molecule has 2 aromatic heterocycles. The number of aromatic nitrogens is 2. The predicted molar refractivity (Wildman–Crippen MR) is 522 cm³/mol.